The van der Waals surface area contributed by atoms with Gasteiger partial charge in [-0.25, -0.2) is 0 Å². The average Bonchev–Trinajstić information content (AvgIpc) is 2.05. The minimum absolute atomic E-state index is 0.275. The summed E-state index contributed by atoms with van der Waals surface area (Å²) in [4.78, 5) is 13.5. The van der Waals surface area contributed by atoms with E-state index in [4.69, 9.17) is 0 Å². The van der Waals surface area contributed by atoms with Crippen molar-refractivity contribution >= 4 is 17.7 Å². The first kappa shape index (κ1) is 9.86. The van der Waals surface area contributed by atoms with Crippen LogP contribution in [0.15, 0.2) is 0 Å². The smallest absolute Gasteiger partial charge is 0.232 e. The van der Waals surface area contributed by atoms with Crippen molar-refractivity contribution in [3.8, 4) is 0 Å². The Bertz CT molecular complexity index is 163. The Morgan fingerprint density at radius 2 is 2.50 bits per heavy atom. The number of carbonyl (C=O) groups is 1. The van der Waals surface area contributed by atoms with Crippen LogP contribution in [0.2, 0.25) is 0 Å². The maximum atomic E-state index is 11.5. The van der Waals surface area contributed by atoms with E-state index in [2.05, 4.69) is 12.2 Å². The molecule has 0 aromatic heterocycles. The fraction of sp³-hybridized carbons (Fsp3) is 0.875. The van der Waals surface area contributed by atoms with E-state index in [-0.39, 0.29) is 5.91 Å². The highest BCUT2D eigenvalue weighted by molar-refractivity contribution is 7.99. The fourth-order valence-corrected chi connectivity index (χ4v) is 1.83. The Hall–Kier alpha value is -0.220. The monoisotopic (exact) mass is 188 g/mol. The van der Waals surface area contributed by atoms with Gasteiger partial charge in [0, 0.05) is 25.7 Å². The summed E-state index contributed by atoms with van der Waals surface area (Å²) in [6.07, 6.45) is 1.96. The molecule has 0 aromatic rings. The van der Waals surface area contributed by atoms with Gasteiger partial charge < -0.3 is 10.2 Å². The van der Waals surface area contributed by atoms with Gasteiger partial charge in [0.15, 0.2) is 0 Å². The van der Waals surface area contributed by atoms with Crippen LogP contribution in [0.25, 0.3) is 0 Å². The van der Waals surface area contributed by atoms with Crippen LogP contribution in [-0.4, -0.2) is 48.5 Å². The van der Waals surface area contributed by atoms with E-state index >= 15 is 0 Å². The molecule has 0 bridgehead atoms. The van der Waals surface area contributed by atoms with Crippen molar-refractivity contribution in [2.75, 3.05) is 31.6 Å². The van der Waals surface area contributed by atoms with Gasteiger partial charge in [-0.15, -0.1) is 0 Å². The SMILES string of the molecule is CSCC(=O)N1CCNCC1C. The molecular weight excluding hydrogens is 172 g/mol. The normalized spacial score (nSPS) is 24.2. The minimum atomic E-state index is 0.275. The Morgan fingerprint density at radius 1 is 1.75 bits per heavy atom. The van der Waals surface area contributed by atoms with Crippen LogP contribution in [0.3, 0.4) is 0 Å². The summed E-state index contributed by atoms with van der Waals surface area (Å²) in [5.41, 5.74) is 0. The molecule has 0 aromatic carbocycles. The zero-order valence-electron chi connectivity index (χ0n) is 7.67. The standard InChI is InChI=1S/C8H16N2OS/c1-7-5-9-3-4-10(7)8(11)6-12-2/h7,9H,3-6H2,1-2H3. The highest BCUT2D eigenvalue weighted by atomic mass is 32.2. The molecule has 1 unspecified atom stereocenters. The third kappa shape index (κ3) is 2.38. The second kappa shape index (κ2) is 4.72. The van der Waals surface area contributed by atoms with Crippen molar-refractivity contribution in [1.29, 1.82) is 0 Å². The summed E-state index contributed by atoms with van der Waals surface area (Å²) < 4.78 is 0. The predicted molar refractivity (Wildman–Crippen MR) is 52.4 cm³/mol. The van der Waals surface area contributed by atoms with Gasteiger partial charge in [-0.05, 0) is 13.2 Å². The van der Waals surface area contributed by atoms with Gasteiger partial charge in [0.2, 0.25) is 5.91 Å². The number of amides is 1. The van der Waals surface area contributed by atoms with Gasteiger partial charge >= 0.3 is 0 Å². The lowest BCUT2D eigenvalue weighted by Crippen LogP contribution is -2.52. The molecular formula is C8H16N2OS. The molecule has 1 aliphatic heterocycles. The summed E-state index contributed by atoms with van der Waals surface area (Å²) in [6.45, 7) is 4.82. The first-order valence-electron chi connectivity index (χ1n) is 4.25. The van der Waals surface area contributed by atoms with E-state index in [1.54, 1.807) is 11.8 Å². The van der Waals surface area contributed by atoms with E-state index in [1.807, 2.05) is 11.2 Å². The molecule has 1 amide bonds. The van der Waals surface area contributed by atoms with E-state index in [1.165, 1.54) is 0 Å². The molecule has 1 rings (SSSR count). The van der Waals surface area contributed by atoms with Gasteiger partial charge in [-0.3, -0.25) is 4.79 Å². The zero-order valence-corrected chi connectivity index (χ0v) is 8.49. The van der Waals surface area contributed by atoms with E-state index in [9.17, 15) is 4.79 Å². The number of hydrogen-bond acceptors (Lipinski definition) is 3. The largest absolute Gasteiger partial charge is 0.337 e. The van der Waals surface area contributed by atoms with Gasteiger partial charge in [-0.1, -0.05) is 0 Å². The van der Waals surface area contributed by atoms with Crippen LogP contribution in [-0.2, 0) is 4.79 Å². The molecule has 1 saturated heterocycles. The first-order valence-corrected chi connectivity index (χ1v) is 5.64. The summed E-state index contributed by atoms with van der Waals surface area (Å²) in [5.74, 6) is 0.890. The fourth-order valence-electron chi connectivity index (χ4n) is 1.42. The Kier molecular flexibility index (Phi) is 3.88. The van der Waals surface area contributed by atoms with E-state index < -0.39 is 0 Å². The van der Waals surface area contributed by atoms with Gasteiger partial charge in [-0.2, -0.15) is 11.8 Å². The third-order valence-electron chi connectivity index (χ3n) is 2.09. The molecule has 12 heavy (non-hydrogen) atoms. The number of hydrogen-bond donors (Lipinski definition) is 1. The molecule has 70 valence electrons. The number of piperazine rings is 1. The molecule has 1 fully saturated rings. The van der Waals surface area contributed by atoms with Crippen molar-refractivity contribution in [3.63, 3.8) is 0 Å². The van der Waals surface area contributed by atoms with E-state index in [0.29, 0.717) is 11.8 Å². The van der Waals surface area contributed by atoms with Crippen LogP contribution in [0.1, 0.15) is 6.92 Å². The average molecular weight is 188 g/mol. The Morgan fingerprint density at radius 3 is 3.08 bits per heavy atom. The zero-order chi connectivity index (χ0) is 8.97. The summed E-state index contributed by atoms with van der Waals surface area (Å²) in [6, 6.07) is 0.360. The second-order valence-electron chi connectivity index (χ2n) is 3.07. The Balaban J connectivity index is 2.42. The molecule has 1 aliphatic rings. The molecule has 0 radical (unpaired) electrons. The van der Waals surface area contributed by atoms with E-state index in [0.717, 1.165) is 19.6 Å². The van der Waals surface area contributed by atoms with Gasteiger partial charge in [0.1, 0.15) is 0 Å². The summed E-state index contributed by atoms with van der Waals surface area (Å²) in [7, 11) is 0. The topological polar surface area (TPSA) is 32.3 Å². The van der Waals surface area contributed by atoms with Crippen LogP contribution in [0, 0.1) is 0 Å². The van der Waals surface area contributed by atoms with Crippen molar-refractivity contribution in [2.45, 2.75) is 13.0 Å². The van der Waals surface area contributed by atoms with Crippen molar-refractivity contribution in [3.05, 3.63) is 0 Å². The maximum absolute atomic E-state index is 11.5. The molecule has 1 N–H and O–H groups in total. The highest BCUT2D eigenvalue weighted by Crippen LogP contribution is 2.05. The van der Waals surface area contributed by atoms with Crippen molar-refractivity contribution < 1.29 is 4.79 Å². The summed E-state index contributed by atoms with van der Waals surface area (Å²) >= 11 is 1.59. The van der Waals surface area contributed by atoms with Crippen LogP contribution >= 0.6 is 11.8 Å². The number of nitrogens with one attached hydrogen (secondary N) is 1. The lowest BCUT2D eigenvalue weighted by molar-refractivity contribution is -0.131. The lowest BCUT2D eigenvalue weighted by atomic mass is 10.2. The molecule has 0 aliphatic carbocycles. The molecule has 0 saturated carbocycles. The first-order chi connectivity index (χ1) is 5.75. The van der Waals surface area contributed by atoms with Crippen LogP contribution < -0.4 is 5.32 Å². The number of thioether (sulfide) groups is 1. The van der Waals surface area contributed by atoms with Gasteiger partial charge in [0.25, 0.3) is 0 Å². The lowest BCUT2D eigenvalue weighted by Gasteiger charge is -2.33. The predicted octanol–water partition coefficient (Wildman–Crippen LogP) is 0.170. The quantitative estimate of drug-likeness (QED) is 0.670. The molecule has 0 spiro atoms. The third-order valence-corrected chi connectivity index (χ3v) is 2.63. The molecule has 1 atom stereocenters. The molecule has 3 nitrogen and oxygen atoms in total. The van der Waals surface area contributed by atoms with Crippen LogP contribution in [0.5, 0.6) is 0 Å². The summed E-state index contributed by atoms with van der Waals surface area (Å²) in [5, 5.41) is 3.26. The maximum Gasteiger partial charge on any atom is 0.232 e. The minimum Gasteiger partial charge on any atom is -0.337 e. The Labute approximate surface area is 77.9 Å². The van der Waals surface area contributed by atoms with Crippen molar-refractivity contribution in [2.24, 2.45) is 0 Å². The highest BCUT2D eigenvalue weighted by Gasteiger charge is 2.21. The number of rotatable bonds is 2. The van der Waals surface area contributed by atoms with Gasteiger partial charge in [0.05, 0.1) is 5.75 Å². The molecule has 4 heteroatoms. The van der Waals surface area contributed by atoms with Crippen LogP contribution in [0.4, 0.5) is 0 Å². The molecule has 1 heterocycles. The number of nitrogens with zero attached hydrogens (tertiary/aromatic N) is 1. The number of carbonyl (C=O) groups excluding carboxylic acids is 1. The second-order valence-corrected chi connectivity index (χ2v) is 3.94. The van der Waals surface area contributed by atoms with Crippen molar-refractivity contribution in [1.82, 2.24) is 10.2 Å².